The average Bonchev–Trinajstić information content (AvgIpc) is 2.39. The highest BCUT2D eigenvalue weighted by Crippen LogP contribution is 2.21. The van der Waals surface area contributed by atoms with Gasteiger partial charge in [-0.25, -0.2) is 0 Å². The first kappa shape index (κ1) is 14.5. The van der Waals surface area contributed by atoms with Crippen molar-refractivity contribution in [1.29, 1.82) is 5.26 Å². The van der Waals surface area contributed by atoms with Crippen LogP contribution in [0.4, 0.5) is 0 Å². The first-order chi connectivity index (χ1) is 8.74. The number of aliphatic hydroxyl groups is 2. The number of ether oxygens (including phenoxy) is 1. The first-order valence-corrected chi connectivity index (χ1v) is 5.76. The lowest BCUT2D eigenvalue weighted by molar-refractivity contribution is 0.155. The lowest BCUT2D eigenvalue weighted by atomic mass is 10.1. The van der Waals surface area contributed by atoms with Gasteiger partial charge in [0, 0.05) is 25.2 Å². The fourth-order valence-corrected chi connectivity index (χ4v) is 1.77. The number of nitrogens with zero attached hydrogens (tertiary/aromatic N) is 2. The summed E-state index contributed by atoms with van der Waals surface area (Å²) in [7, 11) is 1.58. The number of hydrogen-bond donors (Lipinski definition) is 2. The van der Waals surface area contributed by atoms with E-state index in [9.17, 15) is 0 Å². The van der Waals surface area contributed by atoms with Crippen molar-refractivity contribution >= 4 is 0 Å². The number of aliphatic hydroxyl groups excluding tert-OH is 2. The van der Waals surface area contributed by atoms with Crippen molar-refractivity contribution < 1.29 is 14.9 Å². The summed E-state index contributed by atoms with van der Waals surface area (Å²) in [6.07, 6.45) is 0. The molecule has 98 valence electrons. The van der Waals surface area contributed by atoms with Crippen LogP contribution in [0.3, 0.4) is 0 Å². The Labute approximate surface area is 107 Å². The lowest BCUT2D eigenvalue weighted by Gasteiger charge is -2.21. The molecule has 0 amide bonds. The van der Waals surface area contributed by atoms with Crippen LogP contribution in [0.15, 0.2) is 18.2 Å². The molecule has 0 radical (unpaired) electrons. The number of nitriles is 1. The molecular weight excluding hydrogens is 232 g/mol. The van der Waals surface area contributed by atoms with Gasteiger partial charge >= 0.3 is 0 Å². The zero-order valence-corrected chi connectivity index (χ0v) is 10.5. The second-order valence-electron chi connectivity index (χ2n) is 3.86. The molecule has 1 rings (SSSR count). The van der Waals surface area contributed by atoms with Crippen LogP contribution >= 0.6 is 0 Å². The van der Waals surface area contributed by atoms with Crippen molar-refractivity contribution in [3.63, 3.8) is 0 Å². The van der Waals surface area contributed by atoms with Crippen LogP contribution in [-0.4, -0.2) is 48.5 Å². The minimum atomic E-state index is 0.0280. The summed E-state index contributed by atoms with van der Waals surface area (Å²) < 4.78 is 5.24. The van der Waals surface area contributed by atoms with E-state index in [2.05, 4.69) is 6.07 Å². The van der Waals surface area contributed by atoms with Crippen LogP contribution in [0, 0.1) is 11.3 Å². The van der Waals surface area contributed by atoms with E-state index in [1.165, 1.54) is 0 Å². The molecule has 0 fully saturated rings. The summed E-state index contributed by atoms with van der Waals surface area (Å²) in [4.78, 5) is 1.90. The van der Waals surface area contributed by atoms with Gasteiger partial charge in [0.15, 0.2) is 0 Å². The lowest BCUT2D eigenvalue weighted by Crippen LogP contribution is -2.29. The molecule has 0 saturated carbocycles. The number of benzene rings is 1. The van der Waals surface area contributed by atoms with Crippen LogP contribution < -0.4 is 4.74 Å². The molecule has 0 heterocycles. The van der Waals surface area contributed by atoms with E-state index in [0.717, 1.165) is 5.56 Å². The van der Waals surface area contributed by atoms with Crippen molar-refractivity contribution in [2.24, 2.45) is 0 Å². The normalized spacial score (nSPS) is 10.4. The zero-order valence-electron chi connectivity index (χ0n) is 10.5. The third-order valence-electron chi connectivity index (χ3n) is 2.64. The van der Waals surface area contributed by atoms with Gasteiger partial charge in [0.1, 0.15) is 5.75 Å². The van der Waals surface area contributed by atoms with Crippen LogP contribution in [0.2, 0.25) is 0 Å². The zero-order chi connectivity index (χ0) is 13.4. The quantitative estimate of drug-likeness (QED) is 0.730. The van der Waals surface area contributed by atoms with Gasteiger partial charge in [-0.3, -0.25) is 4.90 Å². The SMILES string of the molecule is COc1ccc(C#N)cc1CN(CCO)CCO. The second-order valence-corrected chi connectivity index (χ2v) is 3.86. The average molecular weight is 250 g/mol. The topological polar surface area (TPSA) is 76.7 Å². The molecule has 18 heavy (non-hydrogen) atoms. The summed E-state index contributed by atoms with van der Waals surface area (Å²) in [5.74, 6) is 0.704. The van der Waals surface area contributed by atoms with Gasteiger partial charge in [-0.15, -0.1) is 0 Å². The van der Waals surface area contributed by atoms with Crippen LogP contribution in [0.5, 0.6) is 5.75 Å². The molecule has 1 aromatic rings. The molecule has 0 aliphatic heterocycles. The number of hydrogen-bond acceptors (Lipinski definition) is 5. The van der Waals surface area contributed by atoms with Gasteiger partial charge in [-0.1, -0.05) is 0 Å². The van der Waals surface area contributed by atoms with E-state index in [1.807, 2.05) is 4.90 Å². The Morgan fingerprint density at radius 3 is 2.44 bits per heavy atom. The van der Waals surface area contributed by atoms with E-state index in [0.29, 0.717) is 30.9 Å². The highest BCUT2D eigenvalue weighted by atomic mass is 16.5. The summed E-state index contributed by atoms with van der Waals surface area (Å²) in [5.41, 5.74) is 1.44. The Balaban J connectivity index is 2.88. The monoisotopic (exact) mass is 250 g/mol. The van der Waals surface area contributed by atoms with E-state index in [4.69, 9.17) is 20.2 Å². The molecular formula is C13H18N2O3. The minimum absolute atomic E-state index is 0.0280. The van der Waals surface area contributed by atoms with Gasteiger partial charge < -0.3 is 14.9 Å². The summed E-state index contributed by atoms with van der Waals surface area (Å²) in [5, 5.41) is 26.8. The minimum Gasteiger partial charge on any atom is -0.496 e. The molecule has 0 atom stereocenters. The first-order valence-electron chi connectivity index (χ1n) is 5.76. The maximum Gasteiger partial charge on any atom is 0.123 e. The third kappa shape index (κ3) is 4.00. The fourth-order valence-electron chi connectivity index (χ4n) is 1.77. The molecule has 0 saturated heterocycles. The Bertz CT molecular complexity index is 409. The van der Waals surface area contributed by atoms with Crippen molar-refractivity contribution in [2.75, 3.05) is 33.4 Å². The van der Waals surface area contributed by atoms with Crippen molar-refractivity contribution in [1.82, 2.24) is 4.90 Å². The number of methoxy groups -OCH3 is 1. The van der Waals surface area contributed by atoms with Gasteiger partial charge in [0.2, 0.25) is 0 Å². The molecule has 5 heteroatoms. The fraction of sp³-hybridized carbons (Fsp3) is 0.462. The molecule has 0 aliphatic rings. The summed E-state index contributed by atoms with van der Waals surface area (Å²) in [6, 6.07) is 7.30. The Hall–Kier alpha value is -1.61. The smallest absolute Gasteiger partial charge is 0.123 e. The predicted octanol–water partition coefficient (Wildman–Crippen LogP) is 0.353. The highest BCUT2D eigenvalue weighted by molar-refractivity contribution is 5.42. The second kappa shape index (κ2) is 7.67. The molecule has 0 unspecified atom stereocenters. The maximum absolute atomic E-state index is 8.96. The van der Waals surface area contributed by atoms with E-state index >= 15 is 0 Å². The predicted molar refractivity (Wildman–Crippen MR) is 67.2 cm³/mol. The largest absolute Gasteiger partial charge is 0.496 e. The van der Waals surface area contributed by atoms with Crippen molar-refractivity contribution in [3.05, 3.63) is 29.3 Å². The van der Waals surface area contributed by atoms with E-state index < -0.39 is 0 Å². The van der Waals surface area contributed by atoms with Gasteiger partial charge in [-0.05, 0) is 18.2 Å². The standard InChI is InChI=1S/C13H18N2O3/c1-18-13-3-2-11(9-14)8-12(13)10-15(4-6-16)5-7-17/h2-3,8,16-17H,4-7,10H2,1H3. The summed E-state index contributed by atoms with van der Waals surface area (Å²) >= 11 is 0. The molecule has 0 bridgehead atoms. The maximum atomic E-state index is 8.96. The van der Waals surface area contributed by atoms with Gasteiger partial charge in [0.05, 0.1) is 32.0 Å². The van der Waals surface area contributed by atoms with Gasteiger partial charge in [-0.2, -0.15) is 5.26 Å². The van der Waals surface area contributed by atoms with Crippen LogP contribution in [0.1, 0.15) is 11.1 Å². The molecule has 2 N–H and O–H groups in total. The van der Waals surface area contributed by atoms with E-state index in [-0.39, 0.29) is 13.2 Å². The molecule has 0 aliphatic carbocycles. The van der Waals surface area contributed by atoms with Crippen molar-refractivity contribution in [2.45, 2.75) is 6.54 Å². The summed E-state index contributed by atoms with van der Waals surface area (Å²) in [6.45, 7) is 1.53. The van der Waals surface area contributed by atoms with Crippen LogP contribution in [-0.2, 0) is 6.54 Å². The number of rotatable bonds is 7. The van der Waals surface area contributed by atoms with Gasteiger partial charge in [0.25, 0.3) is 0 Å². The van der Waals surface area contributed by atoms with E-state index in [1.54, 1.807) is 25.3 Å². The Morgan fingerprint density at radius 2 is 1.94 bits per heavy atom. The Morgan fingerprint density at radius 1 is 1.28 bits per heavy atom. The molecule has 1 aromatic carbocycles. The molecule has 5 nitrogen and oxygen atoms in total. The van der Waals surface area contributed by atoms with Crippen molar-refractivity contribution in [3.8, 4) is 11.8 Å². The highest BCUT2D eigenvalue weighted by Gasteiger charge is 2.10. The third-order valence-corrected chi connectivity index (χ3v) is 2.64. The van der Waals surface area contributed by atoms with Crippen LogP contribution in [0.25, 0.3) is 0 Å². The molecule has 0 aromatic heterocycles. The molecule has 0 spiro atoms. The Kier molecular flexibility index (Phi) is 6.15.